The third-order valence-corrected chi connectivity index (χ3v) is 8.96. The van der Waals surface area contributed by atoms with Crippen LogP contribution in [0.5, 0.6) is 0 Å². The first-order valence-electron chi connectivity index (χ1n) is 11.9. The van der Waals surface area contributed by atoms with Gasteiger partial charge in [-0.15, -0.1) is 11.8 Å². The largest absolute Gasteiger partial charge is 0.380 e. The number of hydrogen-bond acceptors (Lipinski definition) is 7. The number of carbonyl (C=O) groups is 1. The number of sulfonamides is 1. The highest BCUT2D eigenvalue weighted by molar-refractivity contribution is 7.99. The van der Waals surface area contributed by atoms with Crippen LogP contribution >= 0.6 is 11.8 Å². The molecule has 0 aromatic heterocycles. The molecule has 0 heterocycles. The lowest BCUT2D eigenvalue weighted by atomic mass is 9.88. The number of hydrogen-bond donors (Lipinski definition) is 2. The van der Waals surface area contributed by atoms with E-state index in [2.05, 4.69) is 21.0 Å². The summed E-state index contributed by atoms with van der Waals surface area (Å²) in [6.07, 6.45) is 3.89. The van der Waals surface area contributed by atoms with Gasteiger partial charge < -0.3 is 10.2 Å². The van der Waals surface area contributed by atoms with E-state index in [0.29, 0.717) is 24.3 Å². The molecule has 0 bridgehead atoms. The van der Waals surface area contributed by atoms with Gasteiger partial charge in [-0.05, 0) is 82.4 Å². The Balaban J connectivity index is 1.75. The zero-order valence-electron chi connectivity index (χ0n) is 20.9. The third-order valence-electron chi connectivity index (χ3n) is 6.45. The van der Waals surface area contributed by atoms with Crippen LogP contribution in [0.15, 0.2) is 52.3 Å². The van der Waals surface area contributed by atoms with Gasteiger partial charge in [-0.2, -0.15) is 5.26 Å². The second-order valence-corrected chi connectivity index (χ2v) is 12.5. The zero-order valence-corrected chi connectivity index (χ0v) is 22.5. The van der Waals surface area contributed by atoms with Gasteiger partial charge in [0.15, 0.2) is 0 Å². The number of benzene rings is 2. The van der Waals surface area contributed by atoms with Crippen molar-refractivity contribution in [2.24, 2.45) is 5.41 Å². The second kappa shape index (κ2) is 12.1. The van der Waals surface area contributed by atoms with Gasteiger partial charge in [0.25, 0.3) is 10.0 Å². The molecule has 36 heavy (non-hydrogen) atoms. The van der Waals surface area contributed by atoms with Crippen molar-refractivity contribution < 1.29 is 17.6 Å². The maximum Gasteiger partial charge on any atom is 0.264 e. The van der Waals surface area contributed by atoms with Crippen molar-refractivity contribution in [2.75, 3.05) is 31.7 Å². The molecule has 1 amide bonds. The zero-order chi connectivity index (χ0) is 26.3. The highest BCUT2D eigenvalue weighted by Crippen LogP contribution is 2.38. The van der Waals surface area contributed by atoms with Crippen molar-refractivity contribution in [3.63, 3.8) is 0 Å². The molecular formula is C26H33FN4O3S2. The quantitative estimate of drug-likeness (QED) is 0.408. The van der Waals surface area contributed by atoms with Gasteiger partial charge >= 0.3 is 0 Å². The highest BCUT2D eigenvalue weighted by atomic mass is 32.2. The number of rotatable bonds is 11. The summed E-state index contributed by atoms with van der Waals surface area (Å²) in [5.74, 6) is -0.120. The van der Waals surface area contributed by atoms with Crippen molar-refractivity contribution in [1.29, 1.82) is 5.26 Å². The molecular weight excluding hydrogens is 499 g/mol. The van der Waals surface area contributed by atoms with Crippen molar-refractivity contribution in [1.82, 2.24) is 9.62 Å². The van der Waals surface area contributed by atoms with Gasteiger partial charge in [0.2, 0.25) is 5.91 Å². The van der Waals surface area contributed by atoms with Crippen molar-refractivity contribution in [3.8, 4) is 6.07 Å². The Bertz CT molecular complexity index is 1200. The number of halogens is 1. The Hall–Kier alpha value is -2.61. The van der Waals surface area contributed by atoms with Crippen molar-refractivity contribution in [2.45, 2.75) is 54.9 Å². The van der Waals surface area contributed by atoms with E-state index in [0.717, 1.165) is 30.7 Å². The lowest BCUT2D eigenvalue weighted by molar-refractivity contribution is -0.127. The maximum absolute atomic E-state index is 13.2. The van der Waals surface area contributed by atoms with Crippen LogP contribution in [0.2, 0.25) is 0 Å². The molecule has 1 atom stereocenters. The minimum Gasteiger partial charge on any atom is -0.380 e. The van der Waals surface area contributed by atoms with Gasteiger partial charge in [0, 0.05) is 22.1 Å². The third kappa shape index (κ3) is 7.45. The maximum atomic E-state index is 13.2. The smallest absolute Gasteiger partial charge is 0.264 e. The number of nitrogens with zero attached hydrogens (tertiary/aromatic N) is 2. The van der Waals surface area contributed by atoms with Crippen LogP contribution in [0, 0.1) is 22.6 Å². The van der Waals surface area contributed by atoms with E-state index in [1.54, 1.807) is 36.9 Å². The van der Waals surface area contributed by atoms with Crippen LogP contribution in [0.25, 0.3) is 0 Å². The minimum absolute atomic E-state index is 0.0287. The van der Waals surface area contributed by atoms with Crippen molar-refractivity contribution in [3.05, 3.63) is 53.8 Å². The Morgan fingerprint density at radius 1 is 1.19 bits per heavy atom. The van der Waals surface area contributed by atoms with Crippen LogP contribution in [-0.2, 0) is 14.8 Å². The molecule has 1 fully saturated rings. The second-order valence-electron chi connectivity index (χ2n) is 9.72. The van der Waals surface area contributed by atoms with Gasteiger partial charge in [-0.1, -0.05) is 19.8 Å². The van der Waals surface area contributed by atoms with E-state index < -0.39 is 21.3 Å². The van der Waals surface area contributed by atoms with Gasteiger partial charge in [-0.25, -0.2) is 17.5 Å². The Kier molecular flexibility index (Phi) is 9.39. The fraction of sp³-hybridized carbons (Fsp3) is 0.462. The number of nitriles is 1. The summed E-state index contributed by atoms with van der Waals surface area (Å²) in [7, 11) is -0.150. The average Bonchev–Trinajstić information content (AvgIpc) is 3.29. The van der Waals surface area contributed by atoms with E-state index in [9.17, 15) is 22.9 Å². The topological polar surface area (TPSA) is 102 Å². The molecule has 0 radical (unpaired) electrons. The summed E-state index contributed by atoms with van der Waals surface area (Å²) in [5, 5.41) is 13.1. The standard InChI is InChI=1S/C26H33FN4O3S2/c1-26(13-4-5-14-26)25(32)30-36(33,34)23-10-11-24(19(16-23)17-28)29-21(12-15-31(2)3)18-35-22-8-6-20(27)7-9-22/h6-11,16,21,29H,4-5,12-15,18H2,1-3H3,(H,30,32)/t21-/m1/s1. The van der Waals surface area contributed by atoms with Gasteiger partial charge in [0.05, 0.1) is 16.1 Å². The predicted octanol–water partition coefficient (Wildman–Crippen LogP) is 4.61. The molecule has 1 aliphatic rings. The summed E-state index contributed by atoms with van der Waals surface area (Å²) in [5.41, 5.74) is 0.0158. The van der Waals surface area contributed by atoms with E-state index in [1.165, 1.54) is 24.3 Å². The molecule has 10 heteroatoms. The molecule has 0 spiro atoms. The number of thioether (sulfide) groups is 1. The number of carbonyl (C=O) groups excluding carboxylic acids is 1. The van der Waals surface area contributed by atoms with Crippen LogP contribution in [-0.4, -0.2) is 51.7 Å². The first-order valence-corrected chi connectivity index (χ1v) is 14.4. The summed E-state index contributed by atoms with van der Waals surface area (Å²) < 4.78 is 41.2. The molecule has 0 aliphatic heterocycles. The van der Waals surface area contributed by atoms with Crippen LogP contribution in [0.4, 0.5) is 10.1 Å². The number of anilines is 1. The first kappa shape index (κ1) is 28.0. The molecule has 2 aromatic rings. The van der Waals surface area contributed by atoms with E-state index in [4.69, 9.17) is 0 Å². The van der Waals surface area contributed by atoms with Crippen LogP contribution in [0.1, 0.15) is 44.6 Å². The van der Waals surface area contributed by atoms with Gasteiger partial charge in [-0.3, -0.25) is 4.79 Å². The van der Waals surface area contributed by atoms with E-state index in [-0.39, 0.29) is 22.3 Å². The summed E-state index contributed by atoms with van der Waals surface area (Å²) in [6, 6.07) is 12.6. The highest BCUT2D eigenvalue weighted by Gasteiger charge is 2.38. The molecule has 0 unspecified atom stereocenters. The molecule has 2 aromatic carbocycles. The molecule has 1 saturated carbocycles. The molecule has 1 aliphatic carbocycles. The van der Waals surface area contributed by atoms with Crippen LogP contribution in [0.3, 0.4) is 0 Å². The fourth-order valence-electron chi connectivity index (χ4n) is 4.15. The Morgan fingerprint density at radius 3 is 2.47 bits per heavy atom. The normalized spacial score (nSPS) is 15.9. The first-order chi connectivity index (χ1) is 17.0. The summed E-state index contributed by atoms with van der Waals surface area (Å²) >= 11 is 1.57. The number of amides is 1. The van der Waals surface area contributed by atoms with Crippen molar-refractivity contribution >= 4 is 33.4 Å². The van der Waals surface area contributed by atoms with Gasteiger partial charge in [0.1, 0.15) is 11.9 Å². The number of nitrogens with one attached hydrogen (secondary N) is 2. The summed E-state index contributed by atoms with van der Waals surface area (Å²) in [4.78, 5) is 15.5. The SMILES string of the molecule is CN(C)CC[C@H](CSc1ccc(F)cc1)Nc1ccc(S(=O)(=O)NC(=O)C2(C)CCCC2)cc1C#N. The van der Waals surface area contributed by atoms with E-state index >= 15 is 0 Å². The molecule has 7 nitrogen and oxygen atoms in total. The molecule has 2 N–H and O–H groups in total. The lowest BCUT2D eigenvalue weighted by Gasteiger charge is -2.23. The lowest BCUT2D eigenvalue weighted by Crippen LogP contribution is -2.40. The average molecular weight is 533 g/mol. The monoisotopic (exact) mass is 532 g/mol. The van der Waals surface area contributed by atoms with E-state index in [1.807, 2.05) is 14.1 Å². The minimum atomic E-state index is -4.10. The van der Waals surface area contributed by atoms with Crippen LogP contribution < -0.4 is 10.0 Å². The Morgan fingerprint density at radius 2 is 1.86 bits per heavy atom. The summed E-state index contributed by atoms with van der Waals surface area (Å²) in [6.45, 7) is 2.59. The molecule has 3 rings (SSSR count). The Labute approximate surface area is 217 Å². The molecule has 194 valence electrons. The molecule has 0 saturated heterocycles. The fourth-order valence-corrected chi connectivity index (χ4v) is 6.25. The predicted molar refractivity (Wildman–Crippen MR) is 141 cm³/mol.